The molecule has 1 rings (SSSR count). The summed E-state index contributed by atoms with van der Waals surface area (Å²) >= 11 is 0. The first-order valence-electron chi connectivity index (χ1n) is 6.05. The highest BCUT2D eigenvalue weighted by Crippen LogP contribution is 2.28. The third kappa shape index (κ3) is 3.95. The van der Waals surface area contributed by atoms with E-state index in [-0.39, 0.29) is 23.6 Å². The van der Waals surface area contributed by atoms with Crippen LogP contribution in [0.25, 0.3) is 0 Å². The van der Waals surface area contributed by atoms with Gasteiger partial charge in [0.2, 0.25) is 0 Å². The molecule has 7 heteroatoms. The van der Waals surface area contributed by atoms with Gasteiger partial charge in [-0.05, 0) is 19.1 Å². The largest absolute Gasteiger partial charge is 0.466 e. The average molecular weight is 277 g/mol. The number of nitro groups is 1. The van der Waals surface area contributed by atoms with Gasteiger partial charge in [-0.15, -0.1) is 0 Å². The summed E-state index contributed by atoms with van der Waals surface area (Å²) in [7, 11) is 1.65. The number of ether oxygens (including phenoxy) is 1. The Hall–Kier alpha value is -2.62. The van der Waals surface area contributed by atoms with Gasteiger partial charge in [-0.3, -0.25) is 14.9 Å². The number of esters is 1. The lowest BCUT2D eigenvalue weighted by molar-refractivity contribution is -0.384. The van der Waals surface area contributed by atoms with Crippen LogP contribution in [0.5, 0.6) is 0 Å². The molecule has 0 aliphatic rings. The Morgan fingerprint density at radius 1 is 1.55 bits per heavy atom. The maximum absolute atomic E-state index is 11.3. The monoisotopic (exact) mass is 277 g/mol. The van der Waals surface area contributed by atoms with Crippen LogP contribution >= 0.6 is 0 Å². The van der Waals surface area contributed by atoms with Crippen LogP contribution in [0, 0.1) is 21.4 Å². The van der Waals surface area contributed by atoms with E-state index in [2.05, 4.69) is 0 Å². The lowest BCUT2D eigenvalue weighted by Gasteiger charge is -2.18. The Balaban J connectivity index is 2.87. The fraction of sp³-hybridized carbons (Fsp3) is 0.385. The van der Waals surface area contributed by atoms with E-state index < -0.39 is 4.92 Å². The van der Waals surface area contributed by atoms with Crippen LogP contribution in [-0.4, -0.2) is 31.1 Å². The molecule has 1 aromatic rings. The molecule has 0 aliphatic carbocycles. The van der Waals surface area contributed by atoms with Gasteiger partial charge in [0.25, 0.3) is 5.69 Å². The number of anilines is 1. The predicted molar refractivity (Wildman–Crippen MR) is 72.3 cm³/mol. The fourth-order valence-electron chi connectivity index (χ4n) is 1.67. The third-order valence-electron chi connectivity index (χ3n) is 2.67. The smallest absolute Gasteiger partial charge is 0.307 e. The third-order valence-corrected chi connectivity index (χ3v) is 2.67. The maximum atomic E-state index is 11.3. The van der Waals surface area contributed by atoms with Crippen molar-refractivity contribution in [1.82, 2.24) is 0 Å². The van der Waals surface area contributed by atoms with E-state index in [9.17, 15) is 14.9 Å². The number of hydrogen-bond donors (Lipinski definition) is 0. The number of nitro benzene ring substituents is 1. The number of rotatable bonds is 6. The van der Waals surface area contributed by atoms with Crippen molar-refractivity contribution in [2.45, 2.75) is 13.3 Å². The summed E-state index contributed by atoms with van der Waals surface area (Å²) in [6, 6.07) is 6.08. The molecule has 0 heterocycles. The average Bonchev–Trinajstić information content (AvgIpc) is 2.44. The molecule has 0 N–H and O–H groups in total. The fourth-order valence-corrected chi connectivity index (χ4v) is 1.67. The molecule has 106 valence electrons. The molecule has 1 aromatic carbocycles. The lowest BCUT2D eigenvalue weighted by atomic mass is 10.1. The van der Waals surface area contributed by atoms with Crippen LogP contribution in [-0.2, 0) is 9.53 Å². The quantitative estimate of drug-likeness (QED) is 0.447. The summed E-state index contributed by atoms with van der Waals surface area (Å²) < 4.78 is 4.80. The van der Waals surface area contributed by atoms with Crippen molar-refractivity contribution in [2.75, 3.05) is 25.1 Å². The highest BCUT2D eigenvalue weighted by Gasteiger charge is 2.18. The van der Waals surface area contributed by atoms with E-state index in [0.717, 1.165) is 0 Å². The Morgan fingerprint density at radius 2 is 2.25 bits per heavy atom. The molecule has 0 bridgehead atoms. The zero-order valence-corrected chi connectivity index (χ0v) is 11.3. The molecule has 0 spiro atoms. The van der Waals surface area contributed by atoms with Crippen LogP contribution in [0.15, 0.2) is 18.2 Å². The summed E-state index contributed by atoms with van der Waals surface area (Å²) in [5, 5.41) is 19.8. The Bertz CT molecular complexity index is 551. The summed E-state index contributed by atoms with van der Waals surface area (Å²) in [5.41, 5.74) is 0.424. The predicted octanol–water partition coefficient (Wildman–Crippen LogP) is 1.86. The minimum Gasteiger partial charge on any atom is -0.466 e. The zero-order valence-electron chi connectivity index (χ0n) is 11.3. The second-order valence-electron chi connectivity index (χ2n) is 4.05. The van der Waals surface area contributed by atoms with Crippen molar-refractivity contribution in [3.05, 3.63) is 33.9 Å². The van der Waals surface area contributed by atoms with Crippen molar-refractivity contribution in [3.8, 4) is 6.07 Å². The molecular weight excluding hydrogens is 262 g/mol. The number of benzene rings is 1. The Labute approximate surface area is 116 Å². The van der Waals surface area contributed by atoms with Crippen molar-refractivity contribution >= 4 is 17.3 Å². The molecule has 0 aliphatic heterocycles. The van der Waals surface area contributed by atoms with Gasteiger partial charge in [-0.2, -0.15) is 5.26 Å². The Morgan fingerprint density at radius 3 is 2.80 bits per heavy atom. The molecule has 0 saturated heterocycles. The van der Waals surface area contributed by atoms with Crippen LogP contribution in [0.1, 0.15) is 18.9 Å². The first kappa shape index (κ1) is 15.4. The molecule has 0 atom stereocenters. The van der Waals surface area contributed by atoms with Crippen LogP contribution in [0.2, 0.25) is 0 Å². The van der Waals surface area contributed by atoms with Crippen molar-refractivity contribution in [2.24, 2.45) is 0 Å². The Kier molecular flexibility index (Phi) is 5.47. The second-order valence-corrected chi connectivity index (χ2v) is 4.05. The highest BCUT2D eigenvalue weighted by atomic mass is 16.6. The molecule has 7 nitrogen and oxygen atoms in total. The SMILES string of the molecule is CCOC(=O)CCN(C)c1ccc(C#N)cc1[N+](=O)[O-]. The minimum atomic E-state index is -0.545. The van der Waals surface area contributed by atoms with Crippen molar-refractivity contribution < 1.29 is 14.5 Å². The molecule has 20 heavy (non-hydrogen) atoms. The zero-order chi connectivity index (χ0) is 15.1. The standard InChI is InChI=1S/C13H15N3O4/c1-3-20-13(17)6-7-15(2)11-5-4-10(9-14)8-12(11)16(18)19/h4-5,8H,3,6-7H2,1-2H3. The summed E-state index contributed by atoms with van der Waals surface area (Å²) in [5.74, 6) is -0.351. The van der Waals surface area contributed by atoms with Gasteiger partial charge >= 0.3 is 5.97 Å². The molecule has 0 amide bonds. The number of nitriles is 1. The maximum Gasteiger partial charge on any atom is 0.307 e. The highest BCUT2D eigenvalue weighted by molar-refractivity contribution is 5.71. The summed E-state index contributed by atoms with van der Waals surface area (Å²) in [6.07, 6.45) is 0.140. The molecule has 0 unspecified atom stereocenters. The van der Waals surface area contributed by atoms with Gasteiger partial charge in [-0.1, -0.05) is 0 Å². The molecule has 0 fully saturated rings. The van der Waals surface area contributed by atoms with Gasteiger partial charge < -0.3 is 9.64 Å². The first-order valence-corrected chi connectivity index (χ1v) is 6.05. The van der Waals surface area contributed by atoms with E-state index in [1.54, 1.807) is 18.9 Å². The van der Waals surface area contributed by atoms with Crippen LogP contribution in [0.3, 0.4) is 0 Å². The molecule has 0 radical (unpaired) electrons. The van der Waals surface area contributed by atoms with E-state index in [1.165, 1.54) is 18.2 Å². The van der Waals surface area contributed by atoms with Gasteiger partial charge in [0.15, 0.2) is 0 Å². The van der Waals surface area contributed by atoms with E-state index in [0.29, 0.717) is 18.8 Å². The van der Waals surface area contributed by atoms with Gasteiger partial charge in [0.1, 0.15) is 5.69 Å². The number of carbonyl (C=O) groups excluding carboxylic acids is 1. The molecule has 0 saturated carbocycles. The molecular formula is C13H15N3O4. The van der Waals surface area contributed by atoms with E-state index in [1.807, 2.05) is 6.07 Å². The number of hydrogen-bond acceptors (Lipinski definition) is 6. The van der Waals surface area contributed by atoms with Crippen molar-refractivity contribution in [3.63, 3.8) is 0 Å². The van der Waals surface area contributed by atoms with Gasteiger partial charge in [-0.25, -0.2) is 0 Å². The first-order chi connectivity index (χ1) is 9.49. The number of carbonyl (C=O) groups is 1. The second kappa shape index (κ2) is 7.09. The summed E-state index contributed by atoms with van der Waals surface area (Å²) in [4.78, 5) is 23.3. The van der Waals surface area contributed by atoms with Gasteiger partial charge in [0.05, 0.1) is 29.6 Å². The lowest BCUT2D eigenvalue weighted by Crippen LogP contribution is -2.22. The minimum absolute atomic E-state index is 0.140. The normalized spacial score (nSPS) is 9.65. The van der Waals surface area contributed by atoms with E-state index >= 15 is 0 Å². The summed E-state index contributed by atoms with van der Waals surface area (Å²) in [6.45, 7) is 2.32. The van der Waals surface area contributed by atoms with Gasteiger partial charge in [0, 0.05) is 19.7 Å². The molecule has 0 aromatic heterocycles. The van der Waals surface area contributed by atoms with Crippen LogP contribution in [0.4, 0.5) is 11.4 Å². The van der Waals surface area contributed by atoms with E-state index in [4.69, 9.17) is 10.00 Å². The van der Waals surface area contributed by atoms with Crippen LogP contribution < -0.4 is 4.90 Å². The number of nitrogens with zero attached hydrogens (tertiary/aromatic N) is 3. The topological polar surface area (TPSA) is 96.5 Å². The van der Waals surface area contributed by atoms with Crippen molar-refractivity contribution in [1.29, 1.82) is 5.26 Å².